The number of halogens is 2. The van der Waals surface area contributed by atoms with E-state index in [1.54, 1.807) is 20.8 Å². The molecule has 0 saturated heterocycles. The van der Waals surface area contributed by atoms with E-state index in [2.05, 4.69) is 31.8 Å². The molecule has 1 aliphatic heterocycles. The maximum atomic E-state index is 13.3. The van der Waals surface area contributed by atoms with Crippen molar-refractivity contribution in [3.8, 4) is 0 Å². The molecule has 29 heavy (non-hydrogen) atoms. The number of ether oxygens (including phenoxy) is 1. The Bertz CT molecular complexity index is 1010. The molecule has 1 aromatic carbocycles. The third-order valence-corrected chi connectivity index (χ3v) is 4.53. The molecule has 3 amide bonds. The van der Waals surface area contributed by atoms with Crippen molar-refractivity contribution < 1.29 is 23.5 Å². The summed E-state index contributed by atoms with van der Waals surface area (Å²) in [6, 6.07) is 5.40. The highest BCUT2D eigenvalue weighted by molar-refractivity contribution is 9.10. The van der Waals surface area contributed by atoms with Crippen LogP contribution >= 0.6 is 15.9 Å². The first kappa shape index (κ1) is 20.7. The van der Waals surface area contributed by atoms with Gasteiger partial charge in [0.2, 0.25) is 0 Å². The zero-order valence-corrected chi connectivity index (χ0v) is 17.5. The molecule has 0 bridgehead atoms. The lowest BCUT2D eigenvalue weighted by atomic mass is 10.1. The highest BCUT2D eigenvalue weighted by Crippen LogP contribution is 2.33. The maximum Gasteiger partial charge on any atom is 0.426 e. The molecule has 0 unspecified atom stereocenters. The van der Waals surface area contributed by atoms with Gasteiger partial charge in [0, 0.05) is 10.7 Å². The number of rotatable bonds is 2. The molecule has 2 N–H and O–H groups in total. The molecule has 152 valence electrons. The van der Waals surface area contributed by atoms with Crippen LogP contribution in [0, 0.1) is 5.82 Å². The van der Waals surface area contributed by atoms with Gasteiger partial charge >= 0.3 is 6.09 Å². The SMILES string of the molecule is CC(C)(C)OC(=O)NNC(=O)c1cnc2c(c1)C(=O)N(c1ccc(F)cc1Br)C2. The predicted molar refractivity (Wildman–Crippen MR) is 106 cm³/mol. The van der Waals surface area contributed by atoms with E-state index in [1.165, 1.54) is 35.4 Å². The largest absolute Gasteiger partial charge is 0.443 e. The van der Waals surface area contributed by atoms with E-state index in [4.69, 9.17) is 4.74 Å². The molecule has 0 saturated carbocycles. The first-order valence-electron chi connectivity index (χ1n) is 8.60. The second kappa shape index (κ2) is 7.78. The Labute approximate surface area is 174 Å². The highest BCUT2D eigenvalue weighted by atomic mass is 79.9. The second-order valence-electron chi connectivity index (χ2n) is 7.29. The van der Waals surface area contributed by atoms with Crippen molar-refractivity contribution in [1.82, 2.24) is 15.8 Å². The molecule has 0 fully saturated rings. The number of nitrogens with zero attached hydrogens (tertiary/aromatic N) is 2. The monoisotopic (exact) mass is 464 g/mol. The van der Waals surface area contributed by atoms with Gasteiger partial charge in [-0.1, -0.05) is 0 Å². The average Bonchev–Trinajstić information content (AvgIpc) is 2.94. The Balaban J connectivity index is 1.73. The summed E-state index contributed by atoms with van der Waals surface area (Å²) in [4.78, 5) is 42.3. The predicted octanol–water partition coefficient (Wildman–Crippen LogP) is 3.31. The number of hydrazine groups is 1. The van der Waals surface area contributed by atoms with E-state index in [-0.39, 0.29) is 23.6 Å². The minimum atomic E-state index is -0.816. The molecule has 0 aliphatic carbocycles. The lowest BCUT2D eigenvalue weighted by molar-refractivity contribution is 0.0483. The third kappa shape index (κ3) is 4.70. The molecule has 1 aliphatic rings. The van der Waals surface area contributed by atoms with Gasteiger partial charge in [-0.05, 0) is 61.0 Å². The van der Waals surface area contributed by atoms with E-state index < -0.39 is 23.4 Å². The number of hydrogen-bond donors (Lipinski definition) is 2. The Morgan fingerprint density at radius 1 is 1.24 bits per heavy atom. The van der Waals surface area contributed by atoms with Crippen LogP contribution in [0.25, 0.3) is 0 Å². The van der Waals surface area contributed by atoms with Crippen molar-refractivity contribution in [3.05, 3.63) is 57.6 Å². The second-order valence-corrected chi connectivity index (χ2v) is 8.14. The standard InChI is InChI=1S/C19H18BrFN4O4/c1-19(2,3)29-18(28)24-23-16(26)10-6-12-14(22-8-10)9-25(17(12)27)15-5-4-11(21)7-13(15)20/h4-8H,9H2,1-3H3,(H,23,26)(H,24,28). The normalized spacial score (nSPS) is 13.1. The Morgan fingerprint density at radius 2 is 1.97 bits per heavy atom. The number of amides is 3. The summed E-state index contributed by atoms with van der Waals surface area (Å²) in [6.07, 6.45) is 0.491. The summed E-state index contributed by atoms with van der Waals surface area (Å²) in [6.45, 7) is 5.26. The third-order valence-electron chi connectivity index (χ3n) is 3.89. The fourth-order valence-electron chi connectivity index (χ4n) is 2.67. The summed E-state index contributed by atoms with van der Waals surface area (Å²) >= 11 is 3.25. The van der Waals surface area contributed by atoms with Gasteiger partial charge in [-0.3, -0.25) is 20.0 Å². The summed E-state index contributed by atoms with van der Waals surface area (Å²) in [5.41, 5.74) is 4.96. The molecule has 3 rings (SSSR count). The van der Waals surface area contributed by atoms with Crippen LogP contribution in [0.5, 0.6) is 0 Å². The first-order valence-corrected chi connectivity index (χ1v) is 9.39. The lowest BCUT2D eigenvalue weighted by Crippen LogP contribution is -2.44. The summed E-state index contributed by atoms with van der Waals surface area (Å²) in [5, 5.41) is 0. The van der Waals surface area contributed by atoms with E-state index >= 15 is 0 Å². The number of benzene rings is 1. The van der Waals surface area contributed by atoms with Crippen molar-refractivity contribution in [3.63, 3.8) is 0 Å². The number of fused-ring (bicyclic) bond motifs is 1. The highest BCUT2D eigenvalue weighted by Gasteiger charge is 2.31. The van der Waals surface area contributed by atoms with Gasteiger partial charge in [-0.15, -0.1) is 0 Å². The lowest BCUT2D eigenvalue weighted by Gasteiger charge is -2.19. The zero-order valence-electron chi connectivity index (χ0n) is 15.9. The number of aromatic nitrogens is 1. The smallest absolute Gasteiger partial charge is 0.426 e. The molecule has 10 heteroatoms. The summed E-state index contributed by atoms with van der Waals surface area (Å²) in [7, 11) is 0. The minimum Gasteiger partial charge on any atom is -0.443 e. The molecule has 0 atom stereocenters. The molecule has 0 spiro atoms. The van der Waals surface area contributed by atoms with Crippen molar-refractivity contribution >= 4 is 39.5 Å². The van der Waals surface area contributed by atoms with Crippen LogP contribution in [-0.2, 0) is 11.3 Å². The average molecular weight is 465 g/mol. The number of carbonyl (C=O) groups is 3. The fourth-order valence-corrected chi connectivity index (χ4v) is 3.24. The zero-order chi connectivity index (χ0) is 21.3. The number of pyridine rings is 1. The van der Waals surface area contributed by atoms with Gasteiger partial charge in [0.1, 0.15) is 11.4 Å². The van der Waals surface area contributed by atoms with Gasteiger partial charge in [0.05, 0.1) is 29.1 Å². The van der Waals surface area contributed by atoms with E-state index in [0.717, 1.165) is 0 Å². The number of hydrogen-bond acceptors (Lipinski definition) is 5. The van der Waals surface area contributed by atoms with Gasteiger partial charge in [0.15, 0.2) is 0 Å². The number of nitrogens with one attached hydrogen (secondary N) is 2. The summed E-state index contributed by atoms with van der Waals surface area (Å²) in [5.74, 6) is -1.45. The van der Waals surface area contributed by atoms with Gasteiger partial charge in [0.25, 0.3) is 11.8 Å². The minimum absolute atomic E-state index is 0.0909. The van der Waals surface area contributed by atoms with Crippen LogP contribution in [0.1, 0.15) is 47.2 Å². The molecule has 2 aromatic rings. The van der Waals surface area contributed by atoms with Gasteiger partial charge in [-0.25, -0.2) is 14.6 Å². The van der Waals surface area contributed by atoms with E-state index in [9.17, 15) is 18.8 Å². The van der Waals surface area contributed by atoms with Crippen molar-refractivity contribution in [2.45, 2.75) is 32.9 Å². The topological polar surface area (TPSA) is 101 Å². The first-order chi connectivity index (χ1) is 13.5. The van der Waals surface area contributed by atoms with Crippen molar-refractivity contribution in [2.75, 3.05) is 4.90 Å². The summed E-state index contributed by atoms with van der Waals surface area (Å²) < 4.78 is 18.8. The molecule has 1 aromatic heterocycles. The van der Waals surface area contributed by atoms with E-state index in [1.807, 2.05) is 0 Å². The fraction of sp³-hybridized carbons (Fsp3) is 0.263. The molecule has 2 heterocycles. The van der Waals surface area contributed by atoms with Crippen molar-refractivity contribution in [1.29, 1.82) is 0 Å². The van der Waals surface area contributed by atoms with Crippen LogP contribution in [0.4, 0.5) is 14.9 Å². The van der Waals surface area contributed by atoms with Crippen LogP contribution in [0.2, 0.25) is 0 Å². The molecule has 8 nitrogen and oxygen atoms in total. The van der Waals surface area contributed by atoms with Crippen LogP contribution < -0.4 is 15.8 Å². The van der Waals surface area contributed by atoms with Gasteiger partial charge < -0.3 is 9.64 Å². The molecular formula is C19H18BrFN4O4. The number of carbonyl (C=O) groups excluding carboxylic acids is 3. The van der Waals surface area contributed by atoms with Crippen LogP contribution in [0.15, 0.2) is 34.9 Å². The van der Waals surface area contributed by atoms with Crippen molar-refractivity contribution in [2.24, 2.45) is 0 Å². The Kier molecular flexibility index (Phi) is 5.56. The molecule has 0 radical (unpaired) electrons. The molecular weight excluding hydrogens is 447 g/mol. The number of anilines is 1. The Morgan fingerprint density at radius 3 is 2.62 bits per heavy atom. The van der Waals surface area contributed by atoms with Crippen LogP contribution in [0.3, 0.4) is 0 Å². The maximum absolute atomic E-state index is 13.3. The quantitative estimate of drug-likeness (QED) is 0.663. The van der Waals surface area contributed by atoms with Gasteiger partial charge in [-0.2, -0.15) is 0 Å². The Hall–Kier alpha value is -3.01. The van der Waals surface area contributed by atoms with E-state index in [0.29, 0.717) is 15.9 Å². The van der Waals surface area contributed by atoms with Crippen LogP contribution in [-0.4, -0.2) is 28.5 Å².